The number of hydrogen-bond donors (Lipinski definition) is 1. The fraction of sp³-hybridized carbons (Fsp3) is 0.471. The SMILES string of the molecule is CCn1cc(C(CN)N2CCCCc3ccccc32)cn1. The second kappa shape index (κ2) is 6.31. The molecule has 4 heteroatoms. The first-order valence-electron chi connectivity index (χ1n) is 7.90. The molecule has 112 valence electrons. The normalized spacial score (nSPS) is 16.4. The largest absolute Gasteiger partial charge is 0.363 e. The predicted molar refractivity (Wildman–Crippen MR) is 86.4 cm³/mol. The van der Waals surface area contributed by atoms with Crippen molar-refractivity contribution in [1.29, 1.82) is 0 Å². The third-order valence-corrected chi connectivity index (χ3v) is 4.36. The fourth-order valence-corrected chi connectivity index (χ4v) is 3.21. The number of rotatable bonds is 4. The maximum absolute atomic E-state index is 6.12. The summed E-state index contributed by atoms with van der Waals surface area (Å²) in [5.74, 6) is 0. The molecule has 1 aliphatic heterocycles. The lowest BCUT2D eigenvalue weighted by molar-refractivity contribution is 0.608. The number of nitrogens with zero attached hydrogens (tertiary/aromatic N) is 3. The van der Waals surface area contributed by atoms with Gasteiger partial charge < -0.3 is 10.6 Å². The van der Waals surface area contributed by atoms with Crippen LogP contribution in [0.15, 0.2) is 36.7 Å². The van der Waals surface area contributed by atoms with Crippen molar-refractivity contribution < 1.29 is 0 Å². The summed E-state index contributed by atoms with van der Waals surface area (Å²) in [6.45, 7) is 4.68. The van der Waals surface area contributed by atoms with Crippen LogP contribution in [0.25, 0.3) is 0 Å². The molecule has 2 aromatic rings. The smallest absolute Gasteiger partial charge is 0.0695 e. The van der Waals surface area contributed by atoms with E-state index in [4.69, 9.17) is 5.73 Å². The number of para-hydroxylation sites is 1. The first-order valence-corrected chi connectivity index (χ1v) is 7.90. The zero-order chi connectivity index (χ0) is 14.7. The Morgan fingerprint density at radius 1 is 1.29 bits per heavy atom. The third-order valence-electron chi connectivity index (χ3n) is 4.36. The lowest BCUT2D eigenvalue weighted by atomic mass is 10.1. The van der Waals surface area contributed by atoms with Crippen LogP contribution in [0, 0.1) is 0 Å². The molecule has 0 fully saturated rings. The Bertz CT molecular complexity index is 590. The molecule has 0 spiro atoms. The second-order valence-corrected chi connectivity index (χ2v) is 5.66. The van der Waals surface area contributed by atoms with Gasteiger partial charge in [0.15, 0.2) is 0 Å². The van der Waals surface area contributed by atoms with Gasteiger partial charge in [-0.3, -0.25) is 4.68 Å². The molecule has 1 unspecified atom stereocenters. The molecule has 1 aromatic heterocycles. The molecule has 0 saturated heterocycles. The molecule has 0 bridgehead atoms. The first-order chi connectivity index (χ1) is 10.3. The predicted octanol–water partition coefficient (Wildman–Crippen LogP) is 2.75. The first kappa shape index (κ1) is 14.1. The van der Waals surface area contributed by atoms with Crippen molar-refractivity contribution in [1.82, 2.24) is 9.78 Å². The zero-order valence-corrected chi connectivity index (χ0v) is 12.7. The second-order valence-electron chi connectivity index (χ2n) is 5.66. The lowest BCUT2D eigenvalue weighted by Crippen LogP contribution is -2.34. The fourth-order valence-electron chi connectivity index (χ4n) is 3.21. The average molecular weight is 284 g/mol. The molecule has 1 aromatic carbocycles. The molecule has 0 amide bonds. The molecule has 0 saturated carbocycles. The van der Waals surface area contributed by atoms with Gasteiger partial charge in [-0.1, -0.05) is 18.2 Å². The molecule has 1 atom stereocenters. The van der Waals surface area contributed by atoms with E-state index in [9.17, 15) is 0 Å². The molecule has 2 N–H and O–H groups in total. The Labute approximate surface area is 126 Å². The van der Waals surface area contributed by atoms with E-state index in [1.54, 1.807) is 0 Å². The van der Waals surface area contributed by atoms with Gasteiger partial charge in [0.2, 0.25) is 0 Å². The van der Waals surface area contributed by atoms with Gasteiger partial charge >= 0.3 is 0 Å². The molecular formula is C17H24N4. The quantitative estimate of drug-likeness (QED) is 0.939. The summed E-state index contributed by atoms with van der Waals surface area (Å²) in [7, 11) is 0. The van der Waals surface area contributed by atoms with Crippen LogP contribution < -0.4 is 10.6 Å². The Morgan fingerprint density at radius 2 is 2.14 bits per heavy atom. The topological polar surface area (TPSA) is 47.1 Å². The van der Waals surface area contributed by atoms with E-state index in [0.717, 1.165) is 19.5 Å². The Morgan fingerprint density at radius 3 is 2.90 bits per heavy atom. The van der Waals surface area contributed by atoms with E-state index >= 15 is 0 Å². The number of benzene rings is 1. The highest BCUT2D eigenvalue weighted by Crippen LogP contribution is 2.32. The summed E-state index contributed by atoms with van der Waals surface area (Å²) < 4.78 is 1.97. The Balaban J connectivity index is 1.96. The standard InChI is InChI=1S/C17H24N4/c1-2-20-13-15(12-19-20)17(11-18)21-10-6-5-8-14-7-3-4-9-16(14)21/h3-4,7,9,12-13,17H,2,5-6,8,10-11,18H2,1H3. The number of hydrogen-bond acceptors (Lipinski definition) is 3. The van der Waals surface area contributed by atoms with Crippen molar-refractivity contribution in [3.05, 3.63) is 47.8 Å². The molecule has 21 heavy (non-hydrogen) atoms. The average Bonchev–Trinajstić information content (AvgIpc) is 2.90. The minimum Gasteiger partial charge on any atom is -0.363 e. The van der Waals surface area contributed by atoms with Crippen molar-refractivity contribution in [2.75, 3.05) is 18.0 Å². The summed E-state index contributed by atoms with van der Waals surface area (Å²) in [5, 5.41) is 4.41. The van der Waals surface area contributed by atoms with Gasteiger partial charge in [0.1, 0.15) is 0 Å². The molecule has 3 rings (SSSR count). The van der Waals surface area contributed by atoms with Crippen molar-refractivity contribution >= 4 is 5.69 Å². The van der Waals surface area contributed by atoms with E-state index in [-0.39, 0.29) is 6.04 Å². The van der Waals surface area contributed by atoms with Crippen LogP contribution in [0.5, 0.6) is 0 Å². The number of fused-ring (bicyclic) bond motifs is 1. The maximum Gasteiger partial charge on any atom is 0.0695 e. The van der Waals surface area contributed by atoms with Crippen molar-refractivity contribution in [3.8, 4) is 0 Å². The Hall–Kier alpha value is -1.81. The lowest BCUT2D eigenvalue weighted by Gasteiger charge is -2.32. The van der Waals surface area contributed by atoms with Crippen LogP contribution in [0.2, 0.25) is 0 Å². The Kier molecular flexibility index (Phi) is 4.25. The monoisotopic (exact) mass is 284 g/mol. The summed E-state index contributed by atoms with van der Waals surface area (Å²) in [5.41, 5.74) is 10.1. The minimum atomic E-state index is 0.213. The van der Waals surface area contributed by atoms with Crippen LogP contribution in [0.3, 0.4) is 0 Å². The van der Waals surface area contributed by atoms with Crippen LogP contribution in [-0.4, -0.2) is 22.9 Å². The third kappa shape index (κ3) is 2.81. The zero-order valence-electron chi connectivity index (χ0n) is 12.7. The van der Waals surface area contributed by atoms with E-state index in [0.29, 0.717) is 6.54 Å². The molecule has 1 aliphatic rings. The summed E-state index contributed by atoms with van der Waals surface area (Å²) >= 11 is 0. The van der Waals surface area contributed by atoms with Crippen molar-refractivity contribution in [2.24, 2.45) is 5.73 Å². The van der Waals surface area contributed by atoms with Gasteiger partial charge in [-0.15, -0.1) is 0 Å². The van der Waals surface area contributed by atoms with E-state index < -0.39 is 0 Å². The van der Waals surface area contributed by atoms with Crippen molar-refractivity contribution in [2.45, 2.75) is 38.8 Å². The van der Waals surface area contributed by atoms with Crippen LogP contribution in [0.1, 0.15) is 36.9 Å². The molecule has 2 heterocycles. The summed E-state index contributed by atoms with van der Waals surface area (Å²) in [6.07, 6.45) is 7.73. The number of nitrogens with two attached hydrogens (primary N) is 1. The van der Waals surface area contributed by atoms with Gasteiger partial charge in [0.25, 0.3) is 0 Å². The highest BCUT2D eigenvalue weighted by molar-refractivity contribution is 5.56. The van der Waals surface area contributed by atoms with E-state index in [1.807, 2.05) is 10.9 Å². The molecular weight excluding hydrogens is 260 g/mol. The number of aromatic nitrogens is 2. The van der Waals surface area contributed by atoms with Crippen LogP contribution in [0.4, 0.5) is 5.69 Å². The van der Waals surface area contributed by atoms with Gasteiger partial charge in [0.05, 0.1) is 12.2 Å². The number of aryl methyl sites for hydroxylation is 2. The number of anilines is 1. The summed E-state index contributed by atoms with van der Waals surface area (Å²) in [4.78, 5) is 2.47. The van der Waals surface area contributed by atoms with Gasteiger partial charge in [0, 0.05) is 37.1 Å². The molecule has 0 aliphatic carbocycles. The van der Waals surface area contributed by atoms with Crippen LogP contribution in [-0.2, 0) is 13.0 Å². The molecule has 4 nitrogen and oxygen atoms in total. The maximum atomic E-state index is 6.12. The van der Waals surface area contributed by atoms with E-state index in [1.165, 1.54) is 29.7 Å². The minimum absolute atomic E-state index is 0.213. The van der Waals surface area contributed by atoms with Gasteiger partial charge in [-0.2, -0.15) is 5.10 Å². The van der Waals surface area contributed by atoms with Crippen LogP contribution >= 0.6 is 0 Å². The van der Waals surface area contributed by atoms with Crippen molar-refractivity contribution in [3.63, 3.8) is 0 Å². The van der Waals surface area contributed by atoms with Gasteiger partial charge in [-0.25, -0.2) is 0 Å². The van der Waals surface area contributed by atoms with E-state index in [2.05, 4.69) is 47.4 Å². The highest BCUT2D eigenvalue weighted by atomic mass is 15.3. The van der Waals surface area contributed by atoms with Gasteiger partial charge in [-0.05, 0) is 37.8 Å². The summed E-state index contributed by atoms with van der Waals surface area (Å²) in [6, 6.07) is 8.95. The molecule has 0 radical (unpaired) electrons. The highest BCUT2D eigenvalue weighted by Gasteiger charge is 2.24.